The van der Waals surface area contributed by atoms with Crippen molar-refractivity contribution in [3.63, 3.8) is 0 Å². The molecule has 1 atom stereocenters. The molecule has 25 heteroatoms. The summed E-state index contributed by atoms with van der Waals surface area (Å²) >= 11 is 0. The van der Waals surface area contributed by atoms with Gasteiger partial charge in [0.2, 0.25) is 0 Å². The number of alkyl halides is 13. The molecule has 204 valence electrons. The lowest BCUT2D eigenvalue weighted by molar-refractivity contribution is -0.551. The summed E-state index contributed by atoms with van der Waals surface area (Å²) in [6.45, 7) is 1.60. The van der Waals surface area contributed by atoms with Crippen molar-refractivity contribution in [3.8, 4) is 0 Å². The van der Waals surface area contributed by atoms with Crippen LogP contribution in [0.1, 0.15) is 0 Å². The molecule has 0 aromatic rings. The Bertz CT molecular complexity index is 1010. The van der Waals surface area contributed by atoms with Crippen molar-refractivity contribution in [2.24, 2.45) is 0 Å². The molecule has 0 saturated heterocycles. The molecule has 0 aliphatic heterocycles. The zero-order valence-corrected chi connectivity index (χ0v) is 16.1. The molecule has 0 aliphatic rings. The molecule has 0 heterocycles. The second-order valence-electron chi connectivity index (χ2n) is 5.23. The van der Waals surface area contributed by atoms with E-state index in [1.165, 1.54) is 9.47 Å². The molecule has 0 spiro atoms. The summed E-state index contributed by atoms with van der Waals surface area (Å²) < 4.78 is 254. The van der Waals surface area contributed by atoms with Crippen molar-refractivity contribution >= 4 is 20.4 Å². The van der Waals surface area contributed by atoms with Crippen LogP contribution < -0.4 is 0 Å². The average Bonchev–Trinajstić information content (AvgIpc) is 2.49. The standard InChI is InChI=1S/C9H2F16O7S2/c1-2(10)30-4(12,13)3(11,31-6(16,17)8(20,21)33(24,26)27)5(14,15)32-7(18,19)9(22,23)34(25,28)29/h1H2. The normalized spacial score (nSPS) is 17.3. The van der Waals surface area contributed by atoms with Gasteiger partial charge in [-0.1, -0.05) is 7.77 Å². The Kier molecular flexibility index (Phi) is 7.99. The summed E-state index contributed by atoms with van der Waals surface area (Å²) in [6.07, 6.45) is -31.2. The largest absolute Gasteiger partial charge is 0.470 e. The molecular formula is C9H2F16O7S2. The molecule has 0 aromatic carbocycles. The smallest absolute Gasteiger partial charge is 0.402 e. The summed E-state index contributed by atoms with van der Waals surface area (Å²) in [5.74, 6) is -8.02. The van der Waals surface area contributed by atoms with Crippen LogP contribution in [0.5, 0.6) is 0 Å². The summed E-state index contributed by atoms with van der Waals surface area (Å²) in [4.78, 5) is 0. The van der Waals surface area contributed by atoms with Gasteiger partial charge in [0.05, 0.1) is 0 Å². The van der Waals surface area contributed by atoms with E-state index in [0.29, 0.717) is 0 Å². The summed E-state index contributed by atoms with van der Waals surface area (Å²) in [6, 6.07) is -3.27. The van der Waals surface area contributed by atoms with Crippen molar-refractivity contribution in [2.75, 3.05) is 0 Å². The van der Waals surface area contributed by atoms with Crippen molar-refractivity contribution < 1.29 is 100 Å². The third-order valence-electron chi connectivity index (χ3n) is 2.80. The highest BCUT2D eigenvalue weighted by Gasteiger charge is 2.85. The molecule has 0 N–H and O–H groups in total. The molecular weight excluding hydrogens is 588 g/mol. The predicted octanol–water partition coefficient (Wildman–Crippen LogP) is 4.30. The van der Waals surface area contributed by atoms with Gasteiger partial charge in [-0.15, -0.1) is 0 Å². The Morgan fingerprint density at radius 1 is 0.559 bits per heavy atom. The SMILES string of the molecule is C=C(F)OC(F)(F)C(F)(OC(F)(F)C(F)(F)S(=O)(=O)F)C(F)(F)OC(F)(F)C(F)(F)S(=O)(=O)F. The van der Waals surface area contributed by atoms with E-state index >= 15 is 0 Å². The van der Waals surface area contributed by atoms with Crippen LogP contribution in [0.15, 0.2) is 12.6 Å². The van der Waals surface area contributed by atoms with Crippen molar-refractivity contribution in [1.29, 1.82) is 0 Å². The third kappa shape index (κ3) is 5.39. The van der Waals surface area contributed by atoms with Crippen LogP contribution in [0.4, 0.5) is 69.2 Å². The lowest BCUT2D eigenvalue weighted by Crippen LogP contribution is -2.68. The minimum atomic E-state index is -8.16. The zero-order valence-electron chi connectivity index (χ0n) is 14.4. The first-order valence-electron chi connectivity index (χ1n) is 6.61. The maximum atomic E-state index is 14.2. The quantitative estimate of drug-likeness (QED) is 0.190. The van der Waals surface area contributed by atoms with Crippen molar-refractivity contribution in [2.45, 2.75) is 40.8 Å². The fourth-order valence-corrected chi connectivity index (χ4v) is 1.95. The predicted molar refractivity (Wildman–Crippen MR) is 67.1 cm³/mol. The topological polar surface area (TPSA) is 96.0 Å². The van der Waals surface area contributed by atoms with Gasteiger partial charge in [0.1, 0.15) is 0 Å². The Morgan fingerprint density at radius 3 is 1.12 bits per heavy atom. The van der Waals surface area contributed by atoms with Gasteiger partial charge in [0.25, 0.3) is 6.01 Å². The molecule has 0 radical (unpaired) electrons. The number of hydrogen-bond donors (Lipinski definition) is 0. The molecule has 0 amide bonds. The van der Waals surface area contributed by atoms with Crippen LogP contribution >= 0.6 is 0 Å². The first-order valence-corrected chi connectivity index (χ1v) is 9.37. The van der Waals surface area contributed by atoms with E-state index in [0.717, 1.165) is 0 Å². The average molecular weight is 590 g/mol. The minimum Gasteiger partial charge on any atom is -0.402 e. The third-order valence-corrected chi connectivity index (χ3v) is 4.50. The lowest BCUT2D eigenvalue weighted by atomic mass is 10.2. The number of halogens is 16. The first kappa shape index (κ1) is 32.2. The fraction of sp³-hybridized carbons (Fsp3) is 0.778. The van der Waals surface area contributed by atoms with Crippen LogP contribution in [0.2, 0.25) is 0 Å². The molecule has 0 aromatic heterocycles. The second-order valence-corrected chi connectivity index (χ2v) is 8.01. The van der Waals surface area contributed by atoms with Gasteiger partial charge < -0.3 is 4.74 Å². The van der Waals surface area contributed by atoms with E-state index in [-0.39, 0.29) is 0 Å². The van der Waals surface area contributed by atoms with Crippen LogP contribution in [0.3, 0.4) is 0 Å². The van der Waals surface area contributed by atoms with Gasteiger partial charge in [0.15, 0.2) is 0 Å². The van der Waals surface area contributed by atoms with Gasteiger partial charge in [-0.3, -0.25) is 4.74 Å². The molecule has 34 heavy (non-hydrogen) atoms. The van der Waals surface area contributed by atoms with E-state index in [2.05, 4.69) is 4.74 Å². The monoisotopic (exact) mass is 590 g/mol. The van der Waals surface area contributed by atoms with Gasteiger partial charge in [-0.2, -0.15) is 78.3 Å². The molecule has 1 unspecified atom stereocenters. The second kappa shape index (κ2) is 8.42. The fourth-order valence-electron chi connectivity index (χ4n) is 1.30. The Morgan fingerprint density at radius 2 is 0.853 bits per heavy atom. The highest BCUT2D eigenvalue weighted by molar-refractivity contribution is 7.87. The molecule has 0 rings (SSSR count). The number of hydrogen-bond acceptors (Lipinski definition) is 7. The van der Waals surface area contributed by atoms with Gasteiger partial charge >= 0.3 is 61.2 Å². The summed E-state index contributed by atoms with van der Waals surface area (Å²) in [7, 11) is -16.3. The molecule has 0 aliphatic carbocycles. The molecule has 7 nitrogen and oxygen atoms in total. The van der Waals surface area contributed by atoms with E-state index in [1.54, 1.807) is 6.58 Å². The Hall–Kier alpha value is -1.76. The van der Waals surface area contributed by atoms with Crippen LogP contribution in [-0.2, 0) is 34.7 Å². The Balaban J connectivity index is 7.05. The maximum Gasteiger partial charge on any atom is 0.470 e. The molecule has 0 saturated carbocycles. The Labute approximate surface area is 175 Å². The van der Waals surface area contributed by atoms with Crippen LogP contribution in [-0.4, -0.2) is 57.6 Å². The van der Waals surface area contributed by atoms with Crippen LogP contribution in [0.25, 0.3) is 0 Å². The van der Waals surface area contributed by atoms with Crippen molar-refractivity contribution in [3.05, 3.63) is 12.6 Å². The first-order chi connectivity index (χ1) is 14.3. The van der Waals surface area contributed by atoms with E-state index in [1.807, 2.05) is 0 Å². The van der Waals surface area contributed by atoms with E-state index in [9.17, 15) is 86.1 Å². The molecule has 0 bridgehead atoms. The molecule has 0 fully saturated rings. The maximum absolute atomic E-state index is 14.2. The highest BCUT2D eigenvalue weighted by atomic mass is 32.3. The number of rotatable bonds is 12. The van der Waals surface area contributed by atoms with Gasteiger partial charge in [-0.25, -0.2) is 4.74 Å². The summed E-state index contributed by atoms with van der Waals surface area (Å²) in [5, 5.41) is -15.3. The van der Waals surface area contributed by atoms with Crippen molar-refractivity contribution in [1.82, 2.24) is 0 Å². The van der Waals surface area contributed by atoms with Gasteiger partial charge in [0, 0.05) is 0 Å². The minimum absolute atomic E-state index is 1.32. The summed E-state index contributed by atoms with van der Waals surface area (Å²) in [5.41, 5.74) is 0. The van der Waals surface area contributed by atoms with Gasteiger partial charge in [-0.05, 0) is 6.58 Å². The number of ether oxygens (including phenoxy) is 3. The zero-order chi connectivity index (χ0) is 28.2. The lowest BCUT2D eigenvalue weighted by Gasteiger charge is -2.40. The van der Waals surface area contributed by atoms with Crippen LogP contribution in [0, 0.1) is 0 Å². The van der Waals surface area contributed by atoms with E-state index < -0.39 is 67.3 Å². The highest BCUT2D eigenvalue weighted by Crippen LogP contribution is 2.56. The van der Waals surface area contributed by atoms with E-state index in [4.69, 9.17) is 0 Å².